The van der Waals surface area contributed by atoms with Crippen molar-refractivity contribution in [1.82, 2.24) is 4.90 Å². The second-order valence-corrected chi connectivity index (χ2v) is 8.39. The first kappa shape index (κ1) is 19.1. The summed E-state index contributed by atoms with van der Waals surface area (Å²) in [6.45, 7) is 2.06. The SMILES string of the molecule is NC[C@]1(c2cccc(Cl)c2)CC[C@H](N2CCN(c3cccc(N)c3)C2=O)CC1. The molecule has 1 heterocycles. The van der Waals surface area contributed by atoms with Gasteiger partial charge in [0.05, 0.1) is 0 Å². The molecule has 1 saturated heterocycles. The first-order valence-electron chi connectivity index (χ1n) is 9.92. The third-order valence-corrected chi connectivity index (χ3v) is 6.64. The van der Waals surface area contributed by atoms with Gasteiger partial charge >= 0.3 is 6.03 Å². The number of hydrogen-bond donors (Lipinski definition) is 2. The van der Waals surface area contributed by atoms with Crippen LogP contribution in [-0.4, -0.2) is 36.6 Å². The van der Waals surface area contributed by atoms with Crippen LogP contribution in [-0.2, 0) is 5.41 Å². The van der Waals surface area contributed by atoms with Crippen LogP contribution in [0, 0.1) is 0 Å². The molecule has 4 rings (SSSR count). The molecule has 2 aromatic rings. The highest BCUT2D eigenvalue weighted by Crippen LogP contribution is 2.41. The van der Waals surface area contributed by atoms with Gasteiger partial charge < -0.3 is 16.4 Å². The highest BCUT2D eigenvalue weighted by atomic mass is 35.5. The smallest absolute Gasteiger partial charge is 0.324 e. The number of amides is 2. The van der Waals surface area contributed by atoms with E-state index in [0.29, 0.717) is 18.8 Å². The molecule has 2 fully saturated rings. The molecule has 1 aliphatic carbocycles. The predicted molar refractivity (Wildman–Crippen MR) is 115 cm³/mol. The number of urea groups is 1. The Morgan fingerprint density at radius 1 is 1.07 bits per heavy atom. The molecule has 0 radical (unpaired) electrons. The Kier molecular flexibility index (Phi) is 5.21. The van der Waals surface area contributed by atoms with Crippen LogP contribution >= 0.6 is 11.6 Å². The third-order valence-electron chi connectivity index (χ3n) is 6.40. The Labute approximate surface area is 171 Å². The minimum Gasteiger partial charge on any atom is -0.399 e. The van der Waals surface area contributed by atoms with Gasteiger partial charge in [-0.15, -0.1) is 0 Å². The van der Waals surface area contributed by atoms with E-state index >= 15 is 0 Å². The summed E-state index contributed by atoms with van der Waals surface area (Å²) in [5.74, 6) is 0. The van der Waals surface area contributed by atoms with E-state index in [1.165, 1.54) is 5.56 Å². The number of anilines is 2. The Balaban J connectivity index is 1.46. The molecule has 148 valence electrons. The lowest BCUT2D eigenvalue weighted by Gasteiger charge is -2.42. The van der Waals surface area contributed by atoms with Crippen LogP contribution in [0.5, 0.6) is 0 Å². The van der Waals surface area contributed by atoms with Crippen molar-refractivity contribution >= 4 is 29.0 Å². The van der Waals surface area contributed by atoms with Crippen molar-refractivity contribution in [1.29, 1.82) is 0 Å². The standard InChI is InChI=1S/C22H27ClN4O/c23-17-4-1-3-16(13-17)22(15-24)9-7-19(8-10-22)26-11-12-27(21(26)28)20-6-2-5-18(25)14-20/h1-6,13-14,19H,7-12,15,24-25H2/t19-,22-. The summed E-state index contributed by atoms with van der Waals surface area (Å²) in [4.78, 5) is 16.9. The van der Waals surface area contributed by atoms with Crippen molar-refractivity contribution in [2.24, 2.45) is 5.73 Å². The zero-order valence-corrected chi connectivity index (χ0v) is 16.7. The van der Waals surface area contributed by atoms with Gasteiger partial charge in [0.25, 0.3) is 0 Å². The molecular formula is C22H27ClN4O. The predicted octanol–water partition coefficient (Wildman–Crippen LogP) is 4.00. The maximum atomic E-state index is 13.0. The second kappa shape index (κ2) is 7.64. The van der Waals surface area contributed by atoms with Gasteiger partial charge in [-0.25, -0.2) is 4.79 Å². The highest BCUT2D eigenvalue weighted by molar-refractivity contribution is 6.30. The zero-order valence-electron chi connectivity index (χ0n) is 16.0. The summed E-state index contributed by atoms with van der Waals surface area (Å²) in [7, 11) is 0. The zero-order chi connectivity index (χ0) is 19.7. The van der Waals surface area contributed by atoms with Crippen LogP contribution in [0.3, 0.4) is 0 Å². The molecule has 6 heteroatoms. The van der Waals surface area contributed by atoms with Crippen LogP contribution in [0.1, 0.15) is 31.2 Å². The lowest BCUT2D eigenvalue weighted by atomic mass is 9.68. The maximum absolute atomic E-state index is 13.0. The Morgan fingerprint density at radius 3 is 2.50 bits per heavy atom. The van der Waals surface area contributed by atoms with Crippen molar-refractivity contribution in [3.63, 3.8) is 0 Å². The fraction of sp³-hybridized carbons (Fsp3) is 0.409. The number of nitrogen functional groups attached to an aromatic ring is 1. The molecule has 0 unspecified atom stereocenters. The summed E-state index contributed by atoms with van der Waals surface area (Å²) in [5, 5.41) is 0.750. The largest absolute Gasteiger partial charge is 0.399 e. The van der Waals surface area contributed by atoms with Gasteiger partial charge in [0, 0.05) is 47.5 Å². The molecule has 2 amide bonds. The van der Waals surface area contributed by atoms with Crippen molar-refractivity contribution in [3.8, 4) is 0 Å². The molecule has 0 spiro atoms. The summed E-state index contributed by atoms with van der Waals surface area (Å²) in [6, 6.07) is 15.9. The maximum Gasteiger partial charge on any atom is 0.324 e. The van der Waals surface area contributed by atoms with Crippen LogP contribution in [0.15, 0.2) is 48.5 Å². The summed E-state index contributed by atoms with van der Waals surface area (Å²) < 4.78 is 0. The number of rotatable bonds is 4. The van der Waals surface area contributed by atoms with Gasteiger partial charge in [-0.05, 0) is 61.6 Å². The number of benzene rings is 2. The van der Waals surface area contributed by atoms with Crippen molar-refractivity contribution in [2.75, 3.05) is 30.3 Å². The number of halogens is 1. The third kappa shape index (κ3) is 3.45. The summed E-state index contributed by atoms with van der Waals surface area (Å²) >= 11 is 6.21. The minimum atomic E-state index is -0.0439. The van der Waals surface area contributed by atoms with Crippen molar-refractivity contribution in [3.05, 3.63) is 59.1 Å². The molecule has 5 nitrogen and oxygen atoms in total. The lowest BCUT2D eigenvalue weighted by molar-refractivity contribution is 0.156. The van der Waals surface area contributed by atoms with Crippen LogP contribution in [0.25, 0.3) is 0 Å². The van der Waals surface area contributed by atoms with E-state index in [9.17, 15) is 4.79 Å². The quantitative estimate of drug-likeness (QED) is 0.764. The van der Waals surface area contributed by atoms with Crippen LogP contribution in [0.2, 0.25) is 5.02 Å². The van der Waals surface area contributed by atoms with E-state index in [2.05, 4.69) is 6.07 Å². The number of nitrogens with two attached hydrogens (primary N) is 2. The molecule has 0 aromatic heterocycles. The van der Waals surface area contributed by atoms with Gasteiger partial charge in [-0.1, -0.05) is 29.8 Å². The van der Waals surface area contributed by atoms with E-state index < -0.39 is 0 Å². The van der Waals surface area contributed by atoms with Crippen molar-refractivity contribution < 1.29 is 4.79 Å². The molecule has 28 heavy (non-hydrogen) atoms. The first-order chi connectivity index (χ1) is 13.5. The summed E-state index contributed by atoms with van der Waals surface area (Å²) in [5.41, 5.74) is 14.8. The molecule has 0 atom stereocenters. The van der Waals surface area contributed by atoms with E-state index in [4.69, 9.17) is 23.1 Å². The van der Waals surface area contributed by atoms with Gasteiger partial charge in [-0.2, -0.15) is 0 Å². The van der Waals surface area contributed by atoms with E-state index in [-0.39, 0.29) is 17.5 Å². The van der Waals surface area contributed by atoms with E-state index in [0.717, 1.165) is 42.9 Å². The molecule has 4 N–H and O–H groups in total. The topological polar surface area (TPSA) is 75.6 Å². The fourth-order valence-electron chi connectivity index (χ4n) is 4.72. The van der Waals surface area contributed by atoms with Gasteiger partial charge in [0.1, 0.15) is 0 Å². The van der Waals surface area contributed by atoms with Crippen molar-refractivity contribution in [2.45, 2.75) is 37.1 Å². The molecule has 0 bridgehead atoms. The van der Waals surface area contributed by atoms with Gasteiger partial charge in [0.15, 0.2) is 0 Å². The average molecular weight is 399 g/mol. The van der Waals surface area contributed by atoms with E-state index in [1.54, 1.807) is 0 Å². The molecular weight excluding hydrogens is 372 g/mol. The van der Waals surface area contributed by atoms with Crippen LogP contribution < -0.4 is 16.4 Å². The van der Waals surface area contributed by atoms with Gasteiger partial charge in [0.2, 0.25) is 0 Å². The number of carbonyl (C=O) groups is 1. The molecule has 1 aliphatic heterocycles. The molecule has 2 aromatic carbocycles. The fourth-order valence-corrected chi connectivity index (χ4v) is 4.91. The number of carbonyl (C=O) groups excluding carboxylic acids is 1. The lowest BCUT2D eigenvalue weighted by Crippen LogP contribution is -2.46. The Bertz CT molecular complexity index is 863. The monoisotopic (exact) mass is 398 g/mol. The first-order valence-corrected chi connectivity index (χ1v) is 10.3. The minimum absolute atomic E-state index is 0.0439. The number of hydrogen-bond acceptors (Lipinski definition) is 3. The van der Waals surface area contributed by atoms with Crippen LogP contribution in [0.4, 0.5) is 16.2 Å². The Morgan fingerprint density at radius 2 is 1.82 bits per heavy atom. The molecule has 2 aliphatic rings. The summed E-state index contributed by atoms with van der Waals surface area (Å²) in [6.07, 6.45) is 3.85. The molecule has 1 saturated carbocycles. The Hall–Kier alpha value is -2.24. The normalized spacial score (nSPS) is 25.4. The number of nitrogens with zero attached hydrogens (tertiary/aromatic N) is 2. The highest BCUT2D eigenvalue weighted by Gasteiger charge is 2.41. The average Bonchev–Trinajstić information content (AvgIpc) is 3.09. The second-order valence-electron chi connectivity index (χ2n) is 7.95. The van der Waals surface area contributed by atoms with E-state index in [1.807, 2.05) is 52.3 Å². The van der Waals surface area contributed by atoms with Gasteiger partial charge in [-0.3, -0.25) is 4.90 Å².